The zero-order chi connectivity index (χ0) is 17.4. The van der Waals surface area contributed by atoms with Crippen molar-refractivity contribution in [3.05, 3.63) is 66.2 Å². The molecule has 4 nitrogen and oxygen atoms in total. The molecule has 24 heavy (non-hydrogen) atoms. The minimum Gasteiger partial charge on any atom is -0.393 e. The van der Waals surface area contributed by atoms with Crippen molar-refractivity contribution in [3.8, 4) is 0 Å². The third kappa shape index (κ3) is 5.74. The Morgan fingerprint density at radius 1 is 1.00 bits per heavy atom. The molecule has 0 aliphatic carbocycles. The second-order valence-electron chi connectivity index (χ2n) is 5.97. The fourth-order valence-corrected chi connectivity index (χ4v) is 4.11. The molecule has 0 saturated heterocycles. The van der Waals surface area contributed by atoms with Crippen molar-refractivity contribution >= 4 is 9.84 Å². The highest BCUT2D eigenvalue weighted by atomic mass is 32.2. The Hall–Kier alpha value is -1.69. The topological polar surface area (TPSA) is 63.6 Å². The van der Waals surface area contributed by atoms with Gasteiger partial charge < -0.3 is 9.84 Å². The monoisotopic (exact) mass is 348 g/mol. The molecule has 0 unspecified atom stereocenters. The van der Waals surface area contributed by atoms with Crippen LogP contribution in [0.1, 0.15) is 18.9 Å². The molecule has 0 aliphatic rings. The fourth-order valence-electron chi connectivity index (χ4n) is 2.43. The Kier molecular flexibility index (Phi) is 6.97. The van der Waals surface area contributed by atoms with E-state index >= 15 is 0 Å². The summed E-state index contributed by atoms with van der Waals surface area (Å²) < 4.78 is 30.2. The molecule has 2 aromatic carbocycles. The summed E-state index contributed by atoms with van der Waals surface area (Å²) in [5.74, 6) is -0.424. The van der Waals surface area contributed by atoms with Crippen LogP contribution >= 0.6 is 0 Å². The molecule has 0 heterocycles. The van der Waals surface area contributed by atoms with E-state index in [1.165, 1.54) is 0 Å². The second-order valence-corrected chi connectivity index (χ2v) is 8.00. The van der Waals surface area contributed by atoms with E-state index in [4.69, 9.17) is 4.74 Å². The SMILES string of the molecule is C[C@H](CS(=O)(=O)c1ccccc1)[C@@H](O)CCOCc1ccccc1. The Morgan fingerprint density at radius 2 is 1.58 bits per heavy atom. The first-order valence-corrected chi connectivity index (χ1v) is 9.72. The van der Waals surface area contributed by atoms with Crippen molar-refractivity contribution in [3.63, 3.8) is 0 Å². The Bertz CT molecular complexity index is 699. The Balaban J connectivity index is 1.77. The van der Waals surface area contributed by atoms with Crippen LogP contribution in [0.5, 0.6) is 0 Å². The number of aliphatic hydroxyl groups is 1. The normalized spacial score (nSPS) is 14.2. The largest absolute Gasteiger partial charge is 0.393 e. The first kappa shape index (κ1) is 18.6. The summed E-state index contributed by atoms with van der Waals surface area (Å²) in [7, 11) is -3.38. The van der Waals surface area contributed by atoms with Gasteiger partial charge in [-0.15, -0.1) is 0 Å². The predicted octanol–water partition coefficient (Wildman–Crippen LogP) is 3.06. The van der Waals surface area contributed by atoms with E-state index in [2.05, 4.69) is 0 Å². The molecule has 0 amide bonds. The van der Waals surface area contributed by atoms with E-state index in [0.717, 1.165) is 5.56 Å². The van der Waals surface area contributed by atoms with Gasteiger partial charge in [0.1, 0.15) is 0 Å². The number of hydrogen-bond acceptors (Lipinski definition) is 4. The lowest BCUT2D eigenvalue weighted by atomic mass is 10.1. The van der Waals surface area contributed by atoms with Gasteiger partial charge in [-0.05, 0) is 30.0 Å². The van der Waals surface area contributed by atoms with Crippen LogP contribution in [0, 0.1) is 5.92 Å². The smallest absolute Gasteiger partial charge is 0.178 e. The molecule has 0 aliphatic heterocycles. The summed E-state index contributed by atoms with van der Waals surface area (Å²) in [6.07, 6.45) is -0.294. The van der Waals surface area contributed by atoms with Crippen molar-refractivity contribution in [2.24, 2.45) is 5.92 Å². The maximum atomic E-state index is 12.3. The molecule has 130 valence electrons. The summed E-state index contributed by atoms with van der Waals surface area (Å²) in [6.45, 7) is 2.64. The van der Waals surface area contributed by atoms with Crippen molar-refractivity contribution in [2.45, 2.75) is 31.0 Å². The molecule has 2 rings (SSSR count). The second kappa shape index (κ2) is 8.97. The van der Waals surface area contributed by atoms with Gasteiger partial charge in [-0.3, -0.25) is 0 Å². The quantitative estimate of drug-likeness (QED) is 0.708. The van der Waals surface area contributed by atoms with E-state index in [0.29, 0.717) is 24.5 Å². The van der Waals surface area contributed by atoms with E-state index in [9.17, 15) is 13.5 Å². The van der Waals surface area contributed by atoms with Crippen molar-refractivity contribution in [1.82, 2.24) is 0 Å². The molecule has 0 spiro atoms. The van der Waals surface area contributed by atoms with Crippen LogP contribution in [0.4, 0.5) is 0 Å². The number of hydrogen-bond donors (Lipinski definition) is 1. The van der Waals surface area contributed by atoms with Crippen molar-refractivity contribution in [2.75, 3.05) is 12.4 Å². The Morgan fingerprint density at radius 3 is 2.21 bits per heavy atom. The lowest BCUT2D eigenvalue weighted by Gasteiger charge is -2.19. The number of benzene rings is 2. The van der Waals surface area contributed by atoms with Crippen LogP contribution in [-0.2, 0) is 21.2 Å². The van der Waals surface area contributed by atoms with Crippen LogP contribution in [0.15, 0.2) is 65.6 Å². The molecule has 0 fully saturated rings. The molecular weight excluding hydrogens is 324 g/mol. The van der Waals surface area contributed by atoms with Gasteiger partial charge in [-0.1, -0.05) is 55.5 Å². The maximum absolute atomic E-state index is 12.3. The lowest BCUT2D eigenvalue weighted by Crippen LogP contribution is -2.26. The van der Waals surface area contributed by atoms with Gasteiger partial charge in [0.15, 0.2) is 9.84 Å². The van der Waals surface area contributed by atoms with Crippen LogP contribution in [-0.4, -0.2) is 32.0 Å². The molecule has 0 saturated carbocycles. The van der Waals surface area contributed by atoms with Gasteiger partial charge in [0.2, 0.25) is 0 Å². The molecule has 2 aromatic rings. The summed E-state index contributed by atoms with van der Waals surface area (Å²) in [6, 6.07) is 18.1. The first-order chi connectivity index (χ1) is 11.5. The van der Waals surface area contributed by atoms with E-state index in [-0.39, 0.29) is 11.7 Å². The third-order valence-electron chi connectivity index (χ3n) is 3.91. The molecular formula is C19H24O4S. The average Bonchev–Trinajstić information content (AvgIpc) is 2.60. The van der Waals surface area contributed by atoms with Crippen molar-refractivity contribution in [1.29, 1.82) is 0 Å². The Labute approximate surface area is 144 Å². The van der Waals surface area contributed by atoms with E-state index < -0.39 is 15.9 Å². The summed E-state index contributed by atoms with van der Waals surface area (Å²) in [4.78, 5) is 0.296. The van der Waals surface area contributed by atoms with Gasteiger partial charge in [0.25, 0.3) is 0 Å². The fraction of sp³-hybridized carbons (Fsp3) is 0.368. The van der Waals surface area contributed by atoms with Crippen LogP contribution in [0.25, 0.3) is 0 Å². The zero-order valence-electron chi connectivity index (χ0n) is 13.8. The number of sulfone groups is 1. The van der Waals surface area contributed by atoms with Crippen molar-refractivity contribution < 1.29 is 18.3 Å². The third-order valence-corrected chi connectivity index (χ3v) is 5.87. The van der Waals surface area contributed by atoms with Gasteiger partial charge in [-0.2, -0.15) is 0 Å². The summed E-state index contributed by atoms with van der Waals surface area (Å²) in [5.41, 5.74) is 1.08. The van der Waals surface area contributed by atoms with Gasteiger partial charge >= 0.3 is 0 Å². The molecule has 0 radical (unpaired) electrons. The number of ether oxygens (including phenoxy) is 1. The highest BCUT2D eigenvalue weighted by Crippen LogP contribution is 2.17. The summed E-state index contributed by atoms with van der Waals surface area (Å²) in [5, 5.41) is 10.2. The van der Waals surface area contributed by atoms with Gasteiger partial charge in [0.05, 0.1) is 23.4 Å². The number of aliphatic hydroxyl groups excluding tert-OH is 1. The predicted molar refractivity (Wildman–Crippen MR) is 94.4 cm³/mol. The minimum absolute atomic E-state index is 0.0726. The zero-order valence-corrected chi connectivity index (χ0v) is 14.7. The van der Waals surface area contributed by atoms with Gasteiger partial charge in [0, 0.05) is 6.61 Å². The highest BCUT2D eigenvalue weighted by Gasteiger charge is 2.23. The minimum atomic E-state index is -3.38. The lowest BCUT2D eigenvalue weighted by molar-refractivity contribution is 0.0541. The van der Waals surface area contributed by atoms with Crippen LogP contribution in [0.2, 0.25) is 0 Å². The van der Waals surface area contributed by atoms with E-state index in [1.54, 1.807) is 37.3 Å². The molecule has 0 aromatic heterocycles. The maximum Gasteiger partial charge on any atom is 0.178 e. The molecule has 2 atom stereocenters. The molecule has 0 bridgehead atoms. The first-order valence-electron chi connectivity index (χ1n) is 8.06. The summed E-state index contributed by atoms with van der Waals surface area (Å²) >= 11 is 0. The van der Waals surface area contributed by atoms with Crippen LogP contribution < -0.4 is 0 Å². The standard InChI is InChI=1S/C19H24O4S/c1-16(15-24(21,22)18-10-6-3-7-11-18)19(20)12-13-23-14-17-8-4-2-5-9-17/h2-11,16,19-20H,12-15H2,1H3/t16-,19+/m1/s1. The highest BCUT2D eigenvalue weighted by molar-refractivity contribution is 7.91. The van der Waals surface area contributed by atoms with Crippen LogP contribution in [0.3, 0.4) is 0 Å². The molecule has 1 N–H and O–H groups in total. The van der Waals surface area contributed by atoms with Gasteiger partial charge in [-0.25, -0.2) is 8.42 Å². The number of rotatable bonds is 9. The van der Waals surface area contributed by atoms with E-state index in [1.807, 2.05) is 30.3 Å². The molecule has 5 heteroatoms. The average molecular weight is 348 g/mol.